The maximum absolute atomic E-state index is 9.67. The number of fused-ring (bicyclic) bond motifs is 1. The molecule has 146 valence electrons. The van der Waals surface area contributed by atoms with Crippen molar-refractivity contribution in [1.82, 2.24) is 0 Å². The summed E-state index contributed by atoms with van der Waals surface area (Å²) in [6, 6.07) is 16.7. The number of benzene rings is 2. The van der Waals surface area contributed by atoms with Crippen molar-refractivity contribution in [3.63, 3.8) is 0 Å². The van der Waals surface area contributed by atoms with Crippen LogP contribution in [0.5, 0.6) is 5.75 Å². The van der Waals surface area contributed by atoms with Crippen molar-refractivity contribution in [2.45, 2.75) is 32.3 Å². The first-order valence-electron chi connectivity index (χ1n) is 9.40. The lowest BCUT2D eigenvalue weighted by molar-refractivity contribution is 0.303. The molecule has 0 radical (unpaired) electrons. The molecule has 0 fully saturated rings. The van der Waals surface area contributed by atoms with E-state index in [-0.39, 0.29) is 0 Å². The average molecular weight is 624 g/mol. The molecule has 2 aromatic carbocycles. The maximum atomic E-state index is 9.67. The largest absolute Gasteiger partial charge is 0.487 e. The lowest BCUT2D eigenvalue weighted by atomic mass is 9.96. The van der Waals surface area contributed by atoms with Crippen LogP contribution < -0.4 is 4.74 Å². The lowest BCUT2D eigenvalue weighted by Crippen LogP contribution is -2.01. The zero-order valence-electron chi connectivity index (χ0n) is 15.6. The fourth-order valence-corrected chi connectivity index (χ4v) is 6.67. The molecule has 1 aromatic heterocycles. The summed E-state index contributed by atoms with van der Waals surface area (Å²) in [5.41, 5.74) is 4.04. The molecule has 1 aliphatic carbocycles. The normalized spacial score (nSPS) is 13.3. The number of nitrogens with zero attached hydrogens (tertiary/aromatic N) is 2. The van der Waals surface area contributed by atoms with Gasteiger partial charge in [-0.05, 0) is 94.1 Å². The van der Waals surface area contributed by atoms with Crippen molar-refractivity contribution in [3.05, 3.63) is 76.7 Å². The predicted molar refractivity (Wildman–Crippen MR) is 136 cm³/mol. The summed E-state index contributed by atoms with van der Waals surface area (Å²) < 4.78 is 8.36. The fourth-order valence-electron chi connectivity index (χ4n) is 3.44. The van der Waals surface area contributed by atoms with Gasteiger partial charge in [0.25, 0.3) is 0 Å². The summed E-state index contributed by atoms with van der Waals surface area (Å²) in [5.74, 6) is 0.832. The predicted octanol–water partition coefficient (Wildman–Crippen LogP) is 7.04. The van der Waals surface area contributed by atoms with Gasteiger partial charge in [-0.15, -0.1) is 11.3 Å². The van der Waals surface area contributed by atoms with Gasteiger partial charge >= 0.3 is 0 Å². The Kier molecular flexibility index (Phi) is 6.88. The van der Waals surface area contributed by atoms with Crippen molar-refractivity contribution < 1.29 is 4.74 Å². The van der Waals surface area contributed by atoms with Gasteiger partial charge in [-0.3, -0.25) is 0 Å². The van der Waals surface area contributed by atoms with Crippen LogP contribution in [0, 0.1) is 18.5 Å². The van der Waals surface area contributed by atoms with Crippen molar-refractivity contribution in [2.75, 3.05) is 0 Å². The SMILES string of the molecule is N#Cc1c(N=Cc2cc(I)cc(I)c2OCc2ccccc2)sc2c1CCCC2. The third-order valence-corrected chi connectivity index (χ3v) is 7.47. The van der Waals surface area contributed by atoms with Gasteiger partial charge in [0.1, 0.15) is 23.4 Å². The number of hydrogen-bond donors (Lipinski definition) is 0. The van der Waals surface area contributed by atoms with Gasteiger partial charge in [0.2, 0.25) is 0 Å². The summed E-state index contributed by atoms with van der Waals surface area (Å²) in [6.45, 7) is 0.509. The van der Waals surface area contributed by atoms with Crippen LogP contribution in [0.4, 0.5) is 5.00 Å². The van der Waals surface area contributed by atoms with E-state index in [0.29, 0.717) is 6.61 Å². The highest BCUT2D eigenvalue weighted by Crippen LogP contribution is 2.39. The Morgan fingerprint density at radius 2 is 1.93 bits per heavy atom. The van der Waals surface area contributed by atoms with Gasteiger partial charge in [0.15, 0.2) is 0 Å². The average Bonchev–Trinajstić information content (AvgIpc) is 3.09. The minimum Gasteiger partial charge on any atom is -0.487 e. The molecule has 0 saturated heterocycles. The second-order valence-corrected chi connectivity index (χ2v) is 10.3. The van der Waals surface area contributed by atoms with Gasteiger partial charge in [-0.25, -0.2) is 4.99 Å². The summed E-state index contributed by atoms with van der Waals surface area (Å²) in [7, 11) is 0. The number of aryl methyl sites for hydroxylation is 1. The first-order valence-corrected chi connectivity index (χ1v) is 12.4. The highest BCUT2D eigenvalue weighted by molar-refractivity contribution is 14.1. The Morgan fingerprint density at radius 3 is 2.72 bits per heavy atom. The standard InChI is InChI=1S/C23H18I2N2OS/c24-17-10-16(22(20(25)11-17)28-14-15-6-2-1-3-7-15)13-27-23-19(12-26)18-8-4-5-9-21(18)29-23/h1-3,6-7,10-11,13H,4-5,8-9,14H2. The first kappa shape index (κ1) is 20.8. The first-order chi connectivity index (χ1) is 14.2. The molecule has 4 rings (SSSR count). The molecule has 0 atom stereocenters. The van der Waals surface area contributed by atoms with Crippen LogP contribution in [-0.2, 0) is 19.4 Å². The molecule has 0 unspecified atom stereocenters. The number of hydrogen-bond acceptors (Lipinski definition) is 4. The topological polar surface area (TPSA) is 45.4 Å². The second kappa shape index (κ2) is 9.58. The maximum Gasteiger partial charge on any atom is 0.141 e. The van der Waals surface area contributed by atoms with E-state index in [1.807, 2.05) is 24.4 Å². The molecule has 29 heavy (non-hydrogen) atoms. The van der Waals surface area contributed by atoms with Crippen LogP contribution in [0.15, 0.2) is 47.5 Å². The van der Waals surface area contributed by atoms with Crippen molar-refractivity contribution in [3.8, 4) is 11.8 Å². The van der Waals surface area contributed by atoms with Gasteiger partial charge in [-0.1, -0.05) is 30.3 Å². The summed E-state index contributed by atoms with van der Waals surface area (Å²) in [4.78, 5) is 6.07. The quantitative estimate of drug-likeness (QED) is 0.226. The van der Waals surface area contributed by atoms with Gasteiger partial charge < -0.3 is 4.74 Å². The lowest BCUT2D eigenvalue weighted by Gasteiger charge is -2.12. The molecule has 6 heteroatoms. The number of rotatable bonds is 5. The molecule has 0 bridgehead atoms. The number of ether oxygens (including phenoxy) is 1. The van der Waals surface area contributed by atoms with Gasteiger partial charge in [0.05, 0.1) is 9.13 Å². The summed E-state index contributed by atoms with van der Waals surface area (Å²) in [6.07, 6.45) is 6.28. The minimum atomic E-state index is 0.509. The Morgan fingerprint density at radius 1 is 1.14 bits per heavy atom. The zero-order chi connectivity index (χ0) is 20.2. The molecule has 1 heterocycles. The van der Waals surface area contributed by atoms with E-state index in [2.05, 4.69) is 75.5 Å². The van der Waals surface area contributed by atoms with Crippen LogP contribution in [0.3, 0.4) is 0 Å². The molecule has 1 aliphatic rings. The summed E-state index contributed by atoms with van der Waals surface area (Å²) in [5, 5.41) is 10.5. The van der Waals surface area contributed by atoms with Crippen LogP contribution in [-0.4, -0.2) is 6.21 Å². The van der Waals surface area contributed by atoms with E-state index in [0.717, 1.165) is 53.8 Å². The molecule has 3 aromatic rings. The Hall–Kier alpha value is -1.44. The second-order valence-electron chi connectivity index (χ2n) is 6.84. The van der Waals surface area contributed by atoms with E-state index >= 15 is 0 Å². The highest BCUT2D eigenvalue weighted by atomic mass is 127. The highest BCUT2D eigenvalue weighted by Gasteiger charge is 2.20. The molecule has 0 aliphatic heterocycles. The van der Waals surface area contributed by atoms with Crippen molar-refractivity contribution in [1.29, 1.82) is 5.26 Å². The Bertz CT molecular complexity index is 1100. The minimum absolute atomic E-state index is 0.509. The molecular formula is C23H18I2N2OS. The van der Waals surface area contributed by atoms with Gasteiger partial charge in [0, 0.05) is 20.2 Å². The molecule has 3 nitrogen and oxygen atoms in total. The number of nitriles is 1. The van der Waals surface area contributed by atoms with E-state index in [1.54, 1.807) is 11.3 Å². The summed E-state index contributed by atoms with van der Waals surface area (Å²) >= 11 is 6.29. The zero-order valence-corrected chi connectivity index (χ0v) is 20.8. The molecular weight excluding hydrogens is 606 g/mol. The number of thiophene rings is 1. The third-order valence-electron chi connectivity index (χ3n) is 4.85. The van der Waals surface area contributed by atoms with E-state index in [4.69, 9.17) is 9.73 Å². The van der Waals surface area contributed by atoms with E-state index < -0.39 is 0 Å². The smallest absolute Gasteiger partial charge is 0.141 e. The van der Waals surface area contributed by atoms with Crippen molar-refractivity contribution in [2.24, 2.45) is 4.99 Å². The molecule has 0 saturated carbocycles. The number of aliphatic imine (C=N–C) groups is 1. The Labute approximate surface area is 202 Å². The van der Waals surface area contributed by atoms with Crippen LogP contribution >= 0.6 is 56.5 Å². The molecule has 0 spiro atoms. The van der Waals surface area contributed by atoms with Crippen LogP contribution in [0.25, 0.3) is 0 Å². The third kappa shape index (κ3) is 4.84. The van der Waals surface area contributed by atoms with Gasteiger partial charge in [-0.2, -0.15) is 5.26 Å². The van der Waals surface area contributed by atoms with Crippen LogP contribution in [0.1, 0.15) is 40.0 Å². The monoisotopic (exact) mass is 624 g/mol. The van der Waals surface area contributed by atoms with Crippen molar-refractivity contribution >= 4 is 67.7 Å². The fraction of sp³-hybridized carbons (Fsp3) is 0.217. The molecule has 0 amide bonds. The molecule has 0 N–H and O–H groups in total. The Balaban J connectivity index is 1.65. The van der Waals surface area contributed by atoms with Crippen LogP contribution in [0.2, 0.25) is 0 Å². The number of halogens is 2. The van der Waals surface area contributed by atoms with E-state index in [1.165, 1.54) is 16.9 Å². The van der Waals surface area contributed by atoms with E-state index in [9.17, 15) is 5.26 Å².